The zero-order valence-corrected chi connectivity index (χ0v) is 6.00. The second-order valence-corrected chi connectivity index (χ2v) is 2.47. The fourth-order valence-electron chi connectivity index (χ4n) is 0.289. The van der Waals surface area contributed by atoms with Crippen LogP contribution in [-0.4, -0.2) is 13.7 Å². The van der Waals surface area contributed by atoms with Crippen molar-refractivity contribution in [3.8, 4) is 0 Å². The standard InChI is InChI=1S/C4H9O.O.Ti/c1-3-4-5-2;;/h1,3-4H2,2H3;;. The maximum atomic E-state index is 9.87. The average molecular weight is 137 g/mol. The van der Waals surface area contributed by atoms with Crippen LogP contribution in [0.5, 0.6) is 0 Å². The van der Waals surface area contributed by atoms with Gasteiger partial charge in [-0.3, -0.25) is 0 Å². The third kappa shape index (κ3) is 6.47. The van der Waals surface area contributed by atoms with E-state index in [1.165, 1.54) is 0 Å². The minimum atomic E-state index is -0.840. The second-order valence-electron chi connectivity index (χ2n) is 1.24. The summed E-state index contributed by atoms with van der Waals surface area (Å²) in [5.74, 6) is 0. The summed E-state index contributed by atoms with van der Waals surface area (Å²) in [6.07, 6.45) is 0.958. The van der Waals surface area contributed by atoms with Crippen molar-refractivity contribution in [2.75, 3.05) is 13.7 Å². The summed E-state index contributed by atoms with van der Waals surface area (Å²) in [6, 6.07) is 0. The molecule has 0 aromatic rings. The van der Waals surface area contributed by atoms with Gasteiger partial charge in [-0.05, 0) is 0 Å². The molecule has 0 bridgehead atoms. The summed E-state index contributed by atoms with van der Waals surface area (Å²) < 4.78 is 15.5. The van der Waals surface area contributed by atoms with Gasteiger partial charge in [-0.25, -0.2) is 0 Å². The molecule has 0 atom stereocenters. The van der Waals surface area contributed by atoms with E-state index in [1.807, 2.05) is 0 Å². The van der Waals surface area contributed by atoms with Gasteiger partial charge in [0.15, 0.2) is 0 Å². The zero-order chi connectivity index (χ0) is 5.54. The molecule has 0 saturated carbocycles. The van der Waals surface area contributed by atoms with Crippen LogP contribution >= 0.6 is 0 Å². The van der Waals surface area contributed by atoms with Gasteiger partial charge in [0.2, 0.25) is 0 Å². The first-order chi connectivity index (χ1) is 3.41. The Morgan fingerprint density at radius 2 is 2.43 bits per heavy atom. The number of hydrogen-bond acceptors (Lipinski definition) is 2. The van der Waals surface area contributed by atoms with Gasteiger partial charge in [-0.2, -0.15) is 0 Å². The van der Waals surface area contributed by atoms with E-state index in [-0.39, 0.29) is 0 Å². The first kappa shape index (κ1) is 7.47. The van der Waals surface area contributed by atoms with Gasteiger partial charge in [0.1, 0.15) is 0 Å². The van der Waals surface area contributed by atoms with Crippen LogP contribution in [0.1, 0.15) is 6.42 Å². The van der Waals surface area contributed by atoms with Gasteiger partial charge in [-0.1, -0.05) is 0 Å². The Morgan fingerprint density at radius 3 is 2.86 bits per heavy atom. The number of hydrogen-bond donors (Lipinski definition) is 0. The molecule has 0 rings (SSSR count). The van der Waals surface area contributed by atoms with Crippen molar-refractivity contribution in [2.45, 2.75) is 11.1 Å². The Labute approximate surface area is 52.5 Å². The van der Waals surface area contributed by atoms with Crippen LogP contribution in [0.25, 0.3) is 0 Å². The van der Waals surface area contributed by atoms with Crippen LogP contribution in [0.15, 0.2) is 0 Å². The first-order valence-electron chi connectivity index (χ1n) is 2.25. The molecule has 41 valence electrons. The molecule has 0 radical (unpaired) electrons. The van der Waals surface area contributed by atoms with Gasteiger partial charge >= 0.3 is 52.0 Å². The third-order valence-electron chi connectivity index (χ3n) is 0.627. The van der Waals surface area contributed by atoms with Crippen molar-refractivity contribution in [1.82, 2.24) is 0 Å². The molecule has 0 unspecified atom stereocenters. The quantitative estimate of drug-likeness (QED) is 0.424. The molecule has 0 aliphatic rings. The Morgan fingerprint density at radius 1 is 1.71 bits per heavy atom. The van der Waals surface area contributed by atoms with Crippen LogP contribution in [0.4, 0.5) is 0 Å². The Kier molecular flexibility index (Phi) is 6.91. The average Bonchev–Trinajstić information content (AvgIpc) is 1.69. The molecule has 7 heavy (non-hydrogen) atoms. The molecule has 0 aliphatic heterocycles. The van der Waals surface area contributed by atoms with Gasteiger partial charge in [-0.15, -0.1) is 0 Å². The molecule has 0 spiro atoms. The SMILES string of the molecule is COCC[CH2][Ti]=[O]. The summed E-state index contributed by atoms with van der Waals surface area (Å²) in [4.78, 5) is 0. The van der Waals surface area contributed by atoms with Gasteiger partial charge < -0.3 is 0 Å². The summed E-state index contributed by atoms with van der Waals surface area (Å²) in [6.45, 7) is 0.756. The van der Waals surface area contributed by atoms with E-state index < -0.39 is 19.1 Å². The summed E-state index contributed by atoms with van der Waals surface area (Å²) >= 11 is -0.840. The fraction of sp³-hybridized carbons (Fsp3) is 1.00. The molecule has 0 fully saturated rings. The monoisotopic (exact) mass is 137 g/mol. The molecule has 0 heterocycles. The van der Waals surface area contributed by atoms with E-state index in [1.54, 1.807) is 7.11 Å². The maximum absolute atomic E-state index is 9.87. The van der Waals surface area contributed by atoms with E-state index in [4.69, 9.17) is 4.74 Å². The Hall–Kier alpha value is 0.474. The molecule has 0 amide bonds. The van der Waals surface area contributed by atoms with Crippen molar-refractivity contribution in [2.24, 2.45) is 0 Å². The Bertz CT molecular complexity index is 47.0. The predicted molar refractivity (Wildman–Crippen MR) is 22.0 cm³/mol. The normalized spacial score (nSPS) is 8.14. The number of methoxy groups -OCH3 is 1. The van der Waals surface area contributed by atoms with Crippen molar-refractivity contribution in [1.29, 1.82) is 0 Å². The molecule has 3 heteroatoms. The van der Waals surface area contributed by atoms with Crippen molar-refractivity contribution >= 4 is 0 Å². The fourth-order valence-corrected chi connectivity index (χ4v) is 0.739. The molecule has 0 saturated heterocycles. The van der Waals surface area contributed by atoms with Gasteiger partial charge in [0.05, 0.1) is 0 Å². The van der Waals surface area contributed by atoms with Crippen LogP contribution < -0.4 is 0 Å². The summed E-state index contributed by atoms with van der Waals surface area (Å²) in [7, 11) is 1.66. The van der Waals surface area contributed by atoms with Gasteiger partial charge in [0, 0.05) is 0 Å². The summed E-state index contributed by atoms with van der Waals surface area (Å²) in [5, 5.41) is 0. The van der Waals surface area contributed by atoms with E-state index in [0.717, 1.165) is 17.8 Å². The molecular weight excluding hydrogens is 128 g/mol. The topological polar surface area (TPSA) is 26.3 Å². The van der Waals surface area contributed by atoms with E-state index in [0.29, 0.717) is 0 Å². The molecule has 0 aliphatic carbocycles. The molecule has 0 aromatic carbocycles. The van der Waals surface area contributed by atoms with Crippen LogP contribution in [-0.2, 0) is 27.2 Å². The number of ether oxygens (including phenoxy) is 1. The van der Waals surface area contributed by atoms with Crippen molar-refractivity contribution in [3.63, 3.8) is 0 Å². The van der Waals surface area contributed by atoms with Crippen molar-refractivity contribution in [3.05, 3.63) is 0 Å². The minimum absolute atomic E-state index is 0.756. The van der Waals surface area contributed by atoms with Crippen LogP contribution in [0, 0.1) is 0 Å². The number of rotatable bonds is 4. The second kappa shape index (κ2) is 6.47. The van der Waals surface area contributed by atoms with E-state index >= 15 is 0 Å². The molecular formula is C4H9O2Ti. The molecule has 2 nitrogen and oxygen atoms in total. The van der Waals surface area contributed by atoms with Crippen molar-refractivity contribution < 1.29 is 27.2 Å². The summed E-state index contributed by atoms with van der Waals surface area (Å²) in [5.41, 5.74) is 0. The molecule has 0 N–H and O–H groups in total. The van der Waals surface area contributed by atoms with Gasteiger partial charge in [0.25, 0.3) is 0 Å². The molecule has 0 aromatic heterocycles. The third-order valence-corrected chi connectivity index (χ3v) is 1.50. The first-order valence-corrected chi connectivity index (χ1v) is 4.00. The van der Waals surface area contributed by atoms with Crippen LogP contribution in [0.2, 0.25) is 4.73 Å². The van der Waals surface area contributed by atoms with E-state index in [2.05, 4.69) is 0 Å². The zero-order valence-electron chi connectivity index (χ0n) is 4.44. The Balaban J connectivity index is 2.56. The van der Waals surface area contributed by atoms with Crippen LogP contribution in [0.3, 0.4) is 0 Å². The van der Waals surface area contributed by atoms with E-state index in [9.17, 15) is 3.32 Å². The predicted octanol–water partition coefficient (Wildman–Crippen LogP) is 0.869.